The summed E-state index contributed by atoms with van der Waals surface area (Å²) in [4.78, 5) is 11.1. The molecule has 0 unspecified atom stereocenters. The van der Waals surface area contributed by atoms with Gasteiger partial charge >= 0.3 is 0 Å². The lowest BCUT2D eigenvalue weighted by molar-refractivity contribution is -0.123. The fourth-order valence-electron chi connectivity index (χ4n) is 1.68. The molecule has 1 aromatic carbocycles. The normalized spacial score (nSPS) is 14.2. The quantitative estimate of drug-likeness (QED) is 0.721. The van der Waals surface area contributed by atoms with Crippen LogP contribution in [0.15, 0.2) is 30.3 Å². The molecule has 0 aromatic heterocycles. The lowest BCUT2D eigenvalue weighted by atomic mass is 9.97. The molecule has 1 aromatic rings. The van der Waals surface area contributed by atoms with E-state index in [2.05, 4.69) is 0 Å². The highest BCUT2D eigenvalue weighted by molar-refractivity contribution is 5.78. The molecule has 0 radical (unpaired) electrons. The number of aliphatic hydroxyl groups excluding tert-OH is 1. The van der Waals surface area contributed by atoms with Crippen molar-refractivity contribution < 1.29 is 14.6 Å². The third kappa shape index (κ3) is 5.43. The summed E-state index contributed by atoms with van der Waals surface area (Å²) in [6, 6.07) is 9.98. The second-order valence-electron chi connectivity index (χ2n) is 4.65. The van der Waals surface area contributed by atoms with Gasteiger partial charge in [0.25, 0.3) is 0 Å². The molecule has 0 fully saturated rings. The lowest BCUT2D eigenvalue weighted by Gasteiger charge is -2.15. The summed E-state index contributed by atoms with van der Waals surface area (Å²) < 4.78 is 5.51. The number of Topliss-reactive ketones (excluding diaryl/α,β-unsaturated/α-hetero) is 1. The van der Waals surface area contributed by atoms with Crippen molar-refractivity contribution in [3.05, 3.63) is 35.9 Å². The van der Waals surface area contributed by atoms with Crippen molar-refractivity contribution in [2.75, 3.05) is 6.61 Å². The van der Waals surface area contributed by atoms with Crippen molar-refractivity contribution in [3.8, 4) is 0 Å². The van der Waals surface area contributed by atoms with E-state index in [9.17, 15) is 9.90 Å². The van der Waals surface area contributed by atoms with Gasteiger partial charge in [-0.2, -0.15) is 0 Å². The van der Waals surface area contributed by atoms with Crippen LogP contribution in [0.4, 0.5) is 0 Å². The molecule has 0 aliphatic carbocycles. The molecule has 0 aliphatic rings. The maximum absolute atomic E-state index is 11.1. The number of hydrogen-bond acceptors (Lipinski definition) is 3. The Kier molecular flexibility index (Phi) is 6.61. The zero-order chi connectivity index (χ0) is 13.4. The van der Waals surface area contributed by atoms with Crippen molar-refractivity contribution in [1.82, 2.24) is 0 Å². The van der Waals surface area contributed by atoms with Gasteiger partial charge in [-0.1, -0.05) is 37.3 Å². The lowest BCUT2D eigenvalue weighted by Crippen LogP contribution is -2.24. The van der Waals surface area contributed by atoms with Gasteiger partial charge in [0, 0.05) is 12.5 Å². The van der Waals surface area contributed by atoms with E-state index in [0.29, 0.717) is 19.6 Å². The number of hydrogen-bond donors (Lipinski definition) is 1. The predicted molar refractivity (Wildman–Crippen MR) is 71.2 cm³/mol. The number of ketones is 1. The summed E-state index contributed by atoms with van der Waals surface area (Å²) in [5, 5.41) is 9.73. The van der Waals surface area contributed by atoms with Gasteiger partial charge in [-0.3, -0.25) is 4.79 Å². The molecule has 1 rings (SSSR count). The number of aliphatic hydroxyl groups is 1. The highest BCUT2D eigenvalue weighted by Gasteiger charge is 2.17. The largest absolute Gasteiger partial charge is 0.392 e. The molecule has 0 saturated heterocycles. The van der Waals surface area contributed by atoms with Gasteiger partial charge in [0.2, 0.25) is 0 Å². The van der Waals surface area contributed by atoms with Gasteiger partial charge < -0.3 is 9.84 Å². The number of carbonyl (C=O) groups excluding carboxylic acids is 1. The van der Waals surface area contributed by atoms with Crippen LogP contribution >= 0.6 is 0 Å². The first kappa shape index (κ1) is 14.9. The van der Waals surface area contributed by atoms with E-state index in [1.165, 1.54) is 6.92 Å². The van der Waals surface area contributed by atoms with Gasteiger partial charge in [0.15, 0.2) is 0 Å². The number of carbonyl (C=O) groups is 1. The number of benzene rings is 1. The smallest absolute Gasteiger partial charge is 0.135 e. The minimum atomic E-state index is -0.553. The molecule has 3 nitrogen and oxygen atoms in total. The van der Waals surface area contributed by atoms with Crippen LogP contribution in [0, 0.1) is 5.92 Å². The van der Waals surface area contributed by atoms with Crippen LogP contribution in [-0.2, 0) is 16.1 Å². The SMILES string of the molecule is CC(=O)[C@@H](C)[C@H](O)CCCOCc1ccccc1. The van der Waals surface area contributed by atoms with Gasteiger partial charge in [0.05, 0.1) is 12.7 Å². The standard InChI is InChI=1S/C15H22O3/c1-12(13(2)16)15(17)9-6-10-18-11-14-7-4-3-5-8-14/h3-5,7-8,12,15,17H,6,9-11H2,1-2H3/t12-,15-/m1/s1. The zero-order valence-electron chi connectivity index (χ0n) is 11.1. The van der Waals surface area contributed by atoms with Crippen LogP contribution in [0.2, 0.25) is 0 Å². The summed E-state index contributed by atoms with van der Waals surface area (Å²) in [7, 11) is 0. The van der Waals surface area contributed by atoms with E-state index in [4.69, 9.17) is 4.74 Å². The van der Waals surface area contributed by atoms with Crippen molar-refractivity contribution in [2.45, 2.75) is 39.4 Å². The summed E-state index contributed by atoms with van der Waals surface area (Å²) in [5.41, 5.74) is 1.15. The van der Waals surface area contributed by atoms with Crippen molar-refractivity contribution >= 4 is 5.78 Å². The Morgan fingerprint density at radius 1 is 1.33 bits per heavy atom. The highest BCUT2D eigenvalue weighted by Crippen LogP contribution is 2.10. The van der Waals surface area contributed by atoms with Gasteiger partial charge in [0.1, 0.15) is 5.78 Å². The minimum Gasteiger partial charge on any atom is -0.392 e. The van der Waals surface area contributed by atoms with E-state index in [1.54, 1.807) is 6.92 Å². The molecule has 18 heavy (non-hydrogen) atoms. The molecule has 100 valence electrons. The van der Waals surface area contributed by atoms with Crippen LogP contribution in [-0.4, -0.2) is 23.6 Å². The molecule has 0 bridgehead atoms. The Labute approximate surface area is 109 Å². The second kappa shape index (κ2) is 8.01. The van der Waals surface area contributed by atoms with Crippen LogP contribution in [0.3, 0.4) is 0 Å². The van der Waals surface area contributed by atoms with E-state index in [0.717, 1.165) is 12.0 Å². The van der Waals surface area contributed by atoms with Gasteiger partial charge in [-0.25, -0.2) is 0 Å². The fourth-order valence-corrected chi connectivity index (χ4v) is 1.68. The fraction of sp³-hybridized carbons (Fsp3) is 0.533. The summed E-state index contributed by atoms with van der Waals surface area (Å²) >= 11 is 0. The average Bonchev–Trinajstić information content (AvgIpc) is 2.38. The molecule has 2 atom stereocenters. The van der Waals surface area contributed by atoms with Crippen LogP contribution in [0.1, 0.15) is 32.3 Å². The summed E-state index contributed by atoms with van der Waals surface area (Å²) in [6.45, 7) is 4.48. The maximum atomic E-state index is 11.1. The maximum Gasteiger partial charge on any atom is 0.135 e. The second-order valence-corrected chi connectivity index (χ2v) is 4.65. The third-order valence-corrected chi connectivity index (χ3v) is 3.12. The van der Waals surface area contributed by atoms with Crippen LogP contribution in [0.25, 0.3) is 0 Å². The molecule has 0 amide bonds. The summed E-state index contributed by atoms with van der Waals surface area (Å²) in [5.74, 6) is -0.244. The molecule has 0 heterocycles. The third-order valence-electron chi connectivity index (χ3n) is 3.12. The van der Waals surface area contributed by atoms with Crippen molar-refractivity contribution in [1.29, 1.82) is 0 Å². The van der Waals surface area contributed by atoms with Crippen molar-refractivity contribution in [3.63, 3.8) is 0 Å². The minimum absolute atomic E-state index is 0.0349. The summed E-state index contributed by atoms with van der Waals surface area (Å²) in [6.07, 6.45) is 0.823. The molecular weight excluding hydrogens is 228 g/mol. The number of ether oxygens (including phenoxy) is 1. The predicted octanol–water partition coefficient (Wildman–Crippen LogP) is 2.57. The van der Waals surface area contributed by atoms with E-state index >= 15 is 0 Å². The average molecular weight is 250 g/mol. The van der Waals surface area contributed by atoms with E-state index in [1.807, 2.05) is 30.3 Å². The van der Waals surface area contributed by atoms with E-state index < -0.39 is 6.10 Å². The Balaban J connectivity index is 2.10. The zero-order valence-corrected chi connectivity index (χ0v) is 11.1. The Morgan fingerprint density at radius 3 is 2.61 bits per heavy atom. The first-order valence-corrected chi connectivity index (χ1v) is 6.41. The van der Waals surface area contributed by atoms with Gasteiger partial charge in [-0.05, 0) is 25.3 Å². The van der Waals surface area contributed by atoms with Crippen molar-refractivity contribution in [2.24, 2.45) is 5.92 Å². The number of rotatable bonds is 8. The Bertz CT molecular complexity index is 348. The first-order chi connectivity index (χ1) is 8.61. The molecule has 1 N–H and O–H groups in total. The van der Waals surface area contributed by atoms with Crippen LogP contribution in [0.5, 0.6) is 0 Å². The Morgan fingerprint density at radius 2 is 2.00 bits per heavy atom. The highest BCUT2D eigenvalue weighted by atomic mass is 16.5. The monoisotopic (exact) mass is 250 g/mol. The van der Waals surface area contributed by atoms with Gasteiger partial charge in [-0.15, -0.1) is 0 Å². The molecule has 3 heteroatoms. The molecule has 0 spiro atoms. The Hall–Kier alpha value is -1.19. The molecular formula is C15H22O3. The van der Waals surface area contributed by atoms with Crippen LogP contribution < -0.4 is 0 Å². The van der Waals surface area contributed by atoms with E-state index in [-0.39, 0.29) is 11.7 Å². The molecule has 0 aliphatic heterocycles. The molecule has 0 saturated carbocycles. The first-order valence-electron chi connectivity index (χ1n) is 6.41. The topological polar surface area (TPSA) is 46.5 Å².